The average Bonchev–Trinajstić information content (AvgIpc) is 3.34. The third-order valence-corrected chi connectivity index (χ3v) is 5.54. The molecule has 0 saturated carbocycles. The van der Waals surface area contributed by atoms with Crippen molar-refractivity contribution in [2.24, 2.45) is 0 Å². The van der Waals surface area contributed by atoms with E-state index in [0.717, 1.165) is 54.2 Å². The molecule has 4 aromatic rings. The van der Waals surface area contributed by atoms with Crippen LogP contribution >= 0.6 is 0 Å². The number of fused-ring (bicyclic) bond motifs is 1. The molecule has 0 spiro atoms. The third-order valence-electron chi connectivity index (χ3n) is 5.54. The number of aromatic amines is 1. The Hall–Kier alpha value is -4.07. The Morgan fingerprint density at radius 3 is 2.48 bits per heavy atom. The molecule has 0 bridgehead atoms. The summed E-state index contributed by atoms with van der Waals surface area (Å²) >= 11 is 0. The Balaban J connectivity index is 1.28. The highest BCUT2D eigenvalue weighted by Gasteiger charge is 2.16. The fourth-order valence-corrected chi connectivity index (χ4v) is 3.84. The van der Waals surface area contributed by atoms with Crippen LogP contribution in [-0.4, -0.2) is 39.0 Å². The molecule has 3 N–H and O–H groups in total. The van der Waals surface area contributed by atoms with E-state index in [9.17, 15) is 0 Å². The number of likely N-dealkylation sites (tertiary alicyclic amines) is 1. The summed E-state index contributed by atoms with van der Waals surface area (Å²) in [6, 6.07) is 19.5. The molecule has 5 rings (SSSR count). The number of ether oxygens (including phenoxy) is 2. The van der Waals surface area contributed by atoms with Crippen LogP contribution in [0.25, 0.3) is 11.0 Å². The normalized spacial score (nSPS) is 13.6. The quantitative estimate of drug-likeness (QED) is 0.272. The van der Waals surface area contributed by atoms with Gasteiger partial charge < -0.3 is 24.7 Å². The minimum Gasteiger partial charge on any atom is -0.457 e. The van der Waals surface area contributed by atoms with Gasteiger partial charge in [0, 0.05) is 25.0 Å². The minimum absolute atomic E-state index is 0.142. The van der Waals surface area contributed by atoms with E-state index in [1.165, 1.54) is 6.42 Å². The van der Waals surface area contributed by atoms with Crippen molar-refractivity contribution >= 4 is 28.6 Å². The molecule has 8 nitrogen and oxygen atoms in total. The van der Waals surface area contributed by atoms with Gasteiger partial charge in [-0.3, -0.25) is 5.41 Å². The van der Waals surface area contributed by atoms with Gasteiger partial charge in [0.15, 0.2) is 12.4 Å². The molecule has 2 aromatic heterocycles. The number of para-hydroxylation sites is 1. The number of rotatable bonds is 6. The highest BCUT2D eigenvalue weighted by Crippen LogP contribution is 2.27. The first-order valence-corrected chi connectivity index (χ1v) is 11.1. The van der Waals surface area contributed by atoms with Crippen LogP contribution in [0.1, 0.15) is 25.1 Å². The number of amidine groups is 1. The Morgan fingerprint density at radius 2 is 1.70 bits per heavy atom. The van der Waals surface area contributed by atoms with Crippen LogP contribution < -0.4 is 10.1 Å². The van der Waals surface area contributed by atoms with E-state index in [1.54, 1.807) is 0 Å². The van der Waals surface area contributed by atoms with Crippen LogP contribution in [0.3, 0.4) is 0 Å². The van der Waals surface area contributed by atoms with Crippen LogP contribution in [0.2, 0.25) is 0 Å². The molecule has 8 heteroatoms. The van der Waals surface area contributed by atoms with Gasteiger partial charge in [-0.2, -0.15) is 0 Å². The maximum Gasteiger partial charge on any atom is 0.284 e. The van der Waals surface area contributed by atoms with Crippen LogP contribution in [0.4, 0.5) is 11.5 Å². The second kappa shape index (κ2) is 9.60. The van der Waals surface area contributed by atoms with Crippen LogP contribution in [-0.2, 0) is 11.3 Å². The second-order valence-corrected chi connectivity index (χ2v) is 7.93. The number of hydrogen-bond donors (Lipinski definition) is 3. The molecule has 0 radical (unpaired) electrons. The lowest BCUT2D eigenvalue weighted by Gasteiger charge is -2.27. The summed E-state index contributed by atoms with van der Waals surface area (Å²) in [6.07, 6.45) is 5.24. The Bertz CT molecular complexity index is 1220. The number of hydrogen-bond acceptors (Lipinski definition) is 6. The first kappa shape index (κ1) is 20.8. The summed E-state index contributed by atoms with van der Waals surface area (Å²) in [7, 11) is 0. The highest BCUT2D eigenvalue weighted by molar-refractivity contribution is 5.89. The summed E-state index contributed by atoms with van der Waals surface area (Å²) in [5, 5.41) is 12.5. The van der Waals surface area contributed by atoms with E-state index >= 15 is 0 Å². The number of piperidine rings is 1. The zero-order valence-corrected chi connectivity index (χ0v) is 18.3. The van der Waals surface area contributed by atoms with E-state index in [0.29, 0.717) is 11.6 Å². The lowest BCUT2D eigenvalue weighted by Crippen LogP contribution is -2.36. The first-order chi connectivity index (χ1) is 16.2. The predicted octanol–water partition coefficient (Wildman–Crippen LogP) is 5.43. The summed E-state index contributed by atoms with van der Waals surface area (Å²) in [5.74, 6) is 2.74. The summed E-state index contributed by atoms with van der Waals surface area (Å²) in [6.45, 7) is 1.88. The van der Waals surface area contributed by atoms with Gasteiger partial charge in [-0.05, 0) is 61.7 Å². The SMILES string of the molecule is N=C(OCc1nc(Nc2ccc(Oc3ccccc3)cc2)c2cc[nH]c2n1)N1CCCCC1. The molecule has 0 atom stereocenters. The number of nitrogens with zero attached hydrogens (tertiary/aromatic N) is 3. The molecule has 0 aliphatic carbocycles. The molecule has 1 aliphatic rings. The van der Waals surface area contributed by atoms with Gasteiger partial charge >= 0.3 is 0 Å². The summed E-state index contributed by atoms with van der Waals surface area (Å²) < 4.78 is 11.6. The van der Waals surface area contributed by atoms with Crippen molar-refractivity contribution in [3.8, 4) is 11.5 Å². The van der Waals surface area contributed by atoms with E-state index < -0.39 is 0 Å². The Morgan fingerprint density at radius 1 is 0.939 bits per heavy atom. The monoisotopic (exact) mass is 442 g/mol. The van der Waals surface area contributed by atoms with Crippen molar-refractivity contribution in [2.45, 2.75) is 25.9 Å². The van der Waals surface area contributed by atoms with Crippen molar-refractivity contribution in [3.63, 3.8) is 0 Å². The maximum absolute atomic E-state index is 8.21. The molecule has 168 valence electrons. The van der Waals surface area contributed by atoms with Crippen molar-refractivity contribution < 1.29 is 9.47 Å². The third kappa shape index (κ3) is 5.06. The number of H-pyrrole nitrogens is 1. The van der Waals surface area contributed by atoms with E-state index in [4.69, 9.17) is 14.9 Å². The predicted molar refractivity (Wildman–Crippen MR) is 128 cm³/mol. The van der Waals surface area contributed by atoms with Crippen LogP contribution in [0.15, 0.2) is 66.9 Å². The standard InChI is InChI=1S/C25H26N6O2/c26-25(31-15-5-2-6-16-31)32-17-22-29-23-21(13-14-27-23)24(30-22)28-18-9-11-20(12-10-18)33-19-7-3-1-4-8-19/h1,3-4,7-14,26H,2,5-6,15-17H2,(H2,27,28,29,30). The largest absolute Gasteiger partial charge is 0.457 e. The molecule has 2 aromatic carbocycles. The van der Waals surface area contributed by atoms with E-state index in [-0.39, 0.29) is 12.6 Å². The average molecular weight is 443 g/mol. The molecule has 0 amide bonds. The Labute approximate surface area is 192 Å². The number of anilines is 2. The molecular weight excluding hydrogens is 416 g/mol. The van der Waals surface area contributed by atoms with Crippen molar-refractivity contribution in [1.82, 2.24) is 19.9 Å². The van der Waals surface area contributed by atoms with Gasteiger partial charge in [-0.25, -0.2) is 9.97 Å². The number of nitrogens with one attached hydrogen (secondary N) is 3. The highest BCUT2D eigenvalue weighted by atomic mass is 16.5. The van der Waals surface area contributed by atoms with E-state index in [1.807, 2.05) is 71.8 Å². The van der Waals surface area contributed by atoms with Gasteiger partial charge in [0.25, 0.3) is 6.02 Å². The van der Waals surface area contributed by atoms with Gasteiger partial charge in [0.05, 0.1) is 5.39 Å². The zero-order valence-electron chi connectivity index (χ0n) is 18.3. The molecule has 1 saturated heterocycles. The lowest BCUT2D eigenvalue weighted by molar-refractivity contribution is 0.196. The molecule has 1 aliphatic heterocycles. The van der Waals surface area contributed by atoms with Crippen LogP contribution in [0.5, 0.6) is 11.5 Å². The lowest BCUT2D eigenvalue weighted by atomic mass is 10.1. The van der Waals surface area contributed by atoms with Gasteiger partial charge in [-0.1, -0.05) is 18.2 Å². The smallest absolute Gasteiger partial charge is 0.284 e. The van der Waals surface area contributed by atoms with E-state index in [2.05, 4.69) is 20.3 Å². The van der Waals surface area contributed by atoms with Crippen molar-refractivity contribution in [1.29, 1.82) is 5.41 Å². The molecule has 1 fully saturated rings. The first-order valence-electron chi connectivity index (χ1n) is 11.1. The topological polar surface area (TPSA) is 99.2 Å². The summed E-state index contributed by atoms with van der Waals surface area (Å²) in [4.78, 5) is 14.3. The van der Waals surface area contributed by atoms with Crippen molar-refractivity contribution in [2.75, 3.05) is 18.4 Å². The maximum atomic E-state index is 8.21. The molecule has 3 heterocycles. The summed E-state index contributed by atoms with van der Waals surface area (Å²) in [5.41, 5.74) is 1.60. The second-order valence-electron chi connectivity index (χ2n) is 7.93. The van der Waals surface area contributed by atoms with Gasteiger partial charge in [-0.15, -0.1) is 0 Å². The minimum atomic E-state index is 0.142. The zero-order chi connectivity index (χ0) is 22.5. The van der Waals surface area contributed by atoms with Gasteiger partial charge in [0.2, 0.25) is 0 Å². The number of aromatic nitrogens is 3. The fourth-order valence-electron chi connectivity index (χ4n) is 3.84. The fraction of sp³-hybridized carbons (Fsp3) is 0.240. The van der Waals surface area contributed by atoms with Crippen molar-refractivity contribution in [3.05, 3.63) is 72.7 Å². The molecule has 33 heavy (non-hydrogen) atoms. The molecular formula is C25H26N6O2. The Kier molecular flexibility index (Phi) is 6.06. The van der Waals surface area contributed by atoms with Gasteiger partial charge in [0.1, 0.15) is 23.0 Å². The number of benzene rings is 2. The van der Waals surface area contributed by atoms with Crippen LogP contribution in [0, 0.1) is 5.41 Å². The molecule has 0 unspecified atom stereocenters.